The van der Waals surface area contributed by atoms with E-state index in [0.29, 0.717) is 28.3 Å². The maximum Gasteiger partial charge on any atom is 0.343 e. The zero-order chi connectivity index (χ0) is 22.8. The predicted octanol–water partition coefficient (Wildman–Crippen LogP) is 2.58. The average Bonchev–Trinajstić information content (AvgIpc) is 2.80. The van der Waals surface area contributed by atoms with Crippen molar-refractivity contribution < 1.29 is 33.3 Å². The van der Waals surface area contributed by atoms with E-state index >= 15 is 0 Å². The first-order valence-corrected chi connectivity index (χ1v) is 8.91. The van der Waals surface area contributed by atoms with Gasteiger partial charge in [-0.3, -0.25) is 4.79 Å². The molecule has 2 rings (SSSR count). The second-order valence-electron chi connectivity index (χ2n) is 5.97. The second-order valence-corrected chi connectivity index (χ2v) is 5.97. The normalized spacial score (nSPS) is 10.5. The Morgan fingerprint density at radius 2 is 1.71 bits per heavy atom. The second kappa shape index (κ2) is 11.0. The molecule has 1 N–H and O–H groups in total. The first-order valence-electron chi connectivity index (χ1n) is 8.91. The van der Waals surface area contributed by atoms with E-state index in [1.165, 1.54) is 51.7 Å². The summed E-state index contributed by atoms with van der Waals surface area (Å²) < 4.78 is 19.7. The van der Waals surface area contributed by atoms with Crippen molar-refractivity contribution in [1.29, 1.82) is 5.26 Å². The number of carbonyl (C=O) groups is 3. The van der Waals surface area contributed by atoms with E-state index in [-0.39, 0.29) is 12.2 Å². The standard InChI is InChI=1S/C22H20N2O7/c1-28-19-11-14(4-9-18(19)31-13-20(25)29-2)10-16(12-23)21(26)24-17-7-5-15(6-8-17)22(27)30-3/h4-11H,13H2,1-3H3,(H,24,26)/b16-10+. The number of nitriles is 1. The molecule has 0 saturated heterocycles. The number of anilines is 1. The summed E-state index contributed by atoms with van der Waals surface area (Å²) in [4.78, 5) is 35.1. The summed E-state index contributed by atoms with van der Waals surface area (Å²) in [5, 5.41) is 12.0. The molecule has 1 amide bonds. The van der Waals surface area contributed by atoms with Crippen molar-refractivity contribution in [1.82, 2.24) is 0 Å². The van der Waals surface area contributed by atoms with Crippen LogP contribution in [0.15, 0.2) is 48.0 Å². The maximum absolute atomic E-state index is 12.5. The lowest BCUT2D eigenvalue weighted by molar-refractivity contribution is -0.142. The Kier molecular flexibility index (Phi) is 8.16. The van der Waals surface area contributed by atoms with Gasteiger partial charge in [-0.1, -0.05) is 6.07 Å². The van der Waals surface area contributed by atoms with Gasteiger partial charge in [0.15, 0.2) is 18.1 Å². The molecule has 9 nitrogen and oxygen atoms in total. The molecule has 0 aliphatic rings. The van der Waals surface area contributed by atoms with Crippen molar-refractivity contribution in [3.05, 3.63) is 59.2 Å². The Labute approximate surface area is 178 Å². The van der Waals surface area contributed by atoms with Gasteiger partial charge < -0.3 is 24.3 Å². The van der Waals surface area contributed by atoms with Gasteiger partial charge in [-0.2, -0.15) is 5.26 Å². The number of amides is 1. The Bertz CT molecular complexity index is 1040. The molecule has 0 radical (unpaired) electrons. The first kappa shape index (κ1) is 23.0. The van der Waals surface area contributed by atoms with E-state index in [9.17, 15) is 19.6 Å². The first-order chi connectivity index (χ1) is 14.9. The Morgan fingerprint density at radius 3 is 2.29 bits per heavy atom. The van der Waals surface area contributed by atoms with Crippen LogP contribution in [0.25, 0.3) is 6.08 Å². The van der Waals surface area contributed by atoms with Gasteiger partial charge in [0.1, 0.15) is 11.6 Å². The van der Waals surface area contributed by atoms with Crippen molar-refractivity contribution in [3.63, 3.8) is 0 Å². The molecule has 0 aromatic heterocycles. The highest BCUT2D eigenvalue weighted by molar-refractivity contribution is 6.09. The molecule has 31 heavy (non-hydrogen) atoms. The minimum Gasteiger partial charge on any atom is -0.493 e. The highest BCUT2D eigenvalue weighted by atomic mass is 16.6. The fraction of sp³-hybridized carbons (Fsp3) is 0.182. The molecule has 9 heteroatoms. The molecule has 160 valence electrons. The summed E-state index contributed by atoms with van der Waals surface area (Å²) in [7, 11) is 3.94. The highest BCUT2D eigenvalue weighted by Crippen LogP contribution is 2.29. The third-order valence-electron chi connectivity index (χ3n) is 4.00. The molecule has 0 aliphatic carbocycles. The topological polar surface area (TPSA) is 124 Å². The number of nitrogens with one attached hydrogen (secondary N) is 1. The van der Waals surface area contributed by atoms with Crippen molar-refractivity contribution in [2.75, 3.05) is 33.3 Å². The zero-order valence-electron chi connectivity index (χ0n) is 17.1. The summed E-state index contributed by atoms with van der Waals surface area (Å²) in [6.07, 6.45) is 1.38. The van der Waals surface area contributed by atoms with E-state index in [0.717, 1.165) is 0 Å². The van der Waals surface area contributed by atoms with Gasteiger partial charge in [0.05, 0.1) is 26.9 Å². The van der Waals surface area contributed by atoms with E-state index in [1.54, 1.807) is 18.2 Å². The summed E-state index contributed by atoms with van der Waals surface area (Å²) in [5.41, 5.74) is 1.10. The van der Waals surface area contributed by atoms with Crippen molar-refractivity contribution in [2.24, 2.45) is 0 Å². The molecule has 0 heterocycles. The minimum absolute atomic E-state index is 0.151. The Morgan fingerprint density at radius 1 is 1.00 bits per heavy atom. The molecule has 0 fully saturated rings. The number of carbonyl (C=O) groups excluding carboxylic acids is 3. The number of rotatable bonds is 8. The van der Waals surface area contributed by atoms with Crippen LogP contribution < -0.4 is 14.8 Å². The van der Waals surface area contributed by atoms with Crippen LogP contribution in [0.1, 0.15) is 15.9 Å². The lowest BCUT2D eigenvalue weighted by atomic mass is 10.1. The number of benzene rings is 2. The molecule has 0 aliphatic heterocycles. The maximum atomic E-state index is 12.5. The van der Waals surface area contributed by atoms with Gasteiger partial charge in [-0.25, -0.2) is 9.59 Å². The lowest BCUT2D eigenvalue weighted by Gasteiger charge is -2.10. The summed E-state index contributed by atoms with van der Waals surface area (Å²) >= 11 is 0. The molecular weight excluding hydrogens is 404 g/mol. The van der Waals surface area contributed by atoms with E-state index in [1.807, 2.05) is 6.07 Å². The van der Waals surface area contributed by atoms with Crippen LogP contribution in [0, 0.1) is 11.3 Å². The van der Waals surface area contributed by atoms with E-state index < -0.39 is 17.8 Å². The number of hydrogen-bond acceptors (Lipinski definition) is 8. The van der Waals surface area contributed by atoms with Crippen molar-refractivity contribution in [3.8, 4) is 17.6 Å². The molecule has 0 unspecified atom stereocenters. The van der Waals surface area contributed by atoms with Gasteiger partial charge in [0.25, 0.3) is 5.91 Å². The van der Waals surface area contributed by atoms with Gasteiger partial charge in [0.2, 0.25) is 0 Å². The number of methoxy groups -OCH3 is 3. The summed E-state index contributed by atoms with van der Waals surface area (Å²) in [6.45, 7) is -0.289. The highest BCUT2D eigenvalue weighted by Gasteiger charge is 2.13. The molecule has 2 aromatic rings. The van der Waals surface area contributed by atoms with Crippen molar-refractivity contribution >= 4 is 29.6 Å². The number of ether oxygens (including phenoxy) is 4. The predicted molar refractivity (Wildman–Crippen MR) is 111 cm³/mol. The quantitative estimate of drug-likeness (QED) is 0.390. The van der Waals surface area contributed by atoms with Gasteiger partial charge >= 0.3 is 11.9 Å². The van der Waals surface area contributed by atoms with Crippen LogP contribution in [0.5, 0.6) is 11.5 Å². The fourth-order valence-electron chi connectivity index (χ4n) is 2.41. The Balaban J connectivity index is 2.16. The summed E-state index contributed by atoms with van der Waals surface area (Å²) in [5.74, 6) is -1.05. The van der Waals surface area contributed by atoms with Gasteiger partial charge in [0, 0.05) is 5.69 Å². The molecular formula is C22H20N2O7. The molecule has 0 bridgehead atoms. The third kappa shape index (κ3) is 6.33. The molecule has 0 saturated carbocycles. The lowest BCUT2D eigenvalue weighted by Crippen LogP contribution is -2.14. The third-order valence-corrected chi connectivity index (χ3v) is 4.00. The molecule has 0 atom stereocenters. The number of esters is 2. The monoisotopic (exact) mass is 424 g/mol. The largest absolute Gasteiger partial charge is 0.493 e. The number of hydrogen-bond donors (Lipinski definition) is 1. The van der Waals surface area contributed by atoms with Crippen LogP contribution in [-0.4, -0.2) is 45.8 Å². The van der Waals surface area contributed by atoms with E-state index in [2.05, 4.69) is 14.8 Å². The van der Waals surface area contributed by atoms with Crippen LogP contribution in [0.2, 0.25) is 0 Å². The van der Waals surface area contributed by atoms with Crippen LogP contribution in [-0.2, 0) is 19.1 Å². The van der Waals surface area contributed by atoms with Gasteiger partial charge in [-0.05, 0) is 48.0 Å². The van der Waals surface area contributed by atoms with Crippen LogP contribution in [0.3, 0.4) is 0 Å². The van der Waals surface area contributed by atoms with E-state index in [4.69, 9.17) is 9.47 Å². The Hall–Kier alpha value is -4.32. The van der Waals surface area contributed by atoms with Gasteiger partial charge in [-0.15, -0.1) is 0 Å². The SMILES string of the molecule is COC(=O)COc1ccc(/C=C(\C#N)C(=O)Nc2ccc(C(=O)OC)cc2)cc1OC. The van der Waals surface area contributed by atoms with Crippen LogP contribution in [0.4, 0.5) is 5.69 Å². The van der Waals surface area contributed by atoms with Crippen molar-refractivity contribution in [2.45, 2.75) is 0 Å². The summed E-state index contributed by atoms with van der Waals surface area (Å²) in [6, 6.07) is 12.6. The fourth-order valence-corrected chi connectivity index (χ4v) is 2.41. The minimum atomic E-state index is -0.627. The average molecular weight is 424 g/mol. The number of nitrogens with zero attached hydrogens (tertiary/aromatic N) is 1. The van der Waals surface area contributed by atoms with Crippen LogP contribution >= 0.6 is 0 Å². The zero-order valence-corrected chi connectivity index (χ0v) is 17.1. The molecule has 0 spiro atoms. The molecule has 2 aromatic carbocycles. The smallest absolute Gasteiger partial charge is 0.343 e.